The summed E-state index contributed by atoms with van der Waals surface area (Å²) in [6.45, 7) is 6.86. The van der Waals surface area contributed by atoms with Gasteiger partial charge < -0.3 is 4.72 Å². The van der Waals surface area contributed by atoms with Crippen molar-refractivity contribution in [1.82, 2.24) is 4.72 Å². The predicted molar refractivity (Wildman–Crippen MR) is 80.6 cm³/mol. The summed E-state index contributed by atoms with van der Waals surface area (Å²) in [5, 5.41) is 0. The summed E-state index contributed by atoms with van der Waals surface area (Å²) < 4.78 is 2.55. The molecule has 106 valence electrons. The zero-order chi connectivity index (χ0) is 13.6. The zero-order valence-electron chi connectivity index (χ0n) is 12.2. The molecule has 0 radical (unpaired) electrons. The first-order valence-corrected chi connectivity index (χ1v) is 7.79. The first-order valence-electron chi connectivity index (χ1n) is 7.34. The third-order valence-corrected chi connectivity index (χ3v) is 4.77. The third kappa shape index (κ3) is 4.83. The number of rotatable bonds is 1. The lowest BCUT2D eigenvalue weighted by molar-refractivity contribution is -0.129. The van der Waals surface area contributed by atoms with Crippen LogP contribution in [0.2, 0.25) is 0 Å². The minimum Gasteiger partial charge on any atom is -0.302 e. The first kappa shape index (κ1) is 15.9. The van der Waals surface area contributed by atoms with Crippen molar-refractivity contribution >= 4 is 18.7 Å². The van der Waals surface area contributed by atoms with Crippen LogP contribution in [0.1, 0.15) is 78.6 Å². The van der Waals surface area contributed by atoms with Gasteiger partial charge in [0.25, 0.3) is 0 Å². The van der Waals surface area contributed by atoms with Gasteiger partial charge in [-0.25, -0.2) is 0 Å². The molecule has 18 heavy (non-hydrogen) atoms. The van der Waals surface area contributed by atoms with E-state index in [-0.39, 0.29) is 11.3 Å². The maximum absolute atomic E-state index is 12.0. The van der Waals surface area contributed by atoms with E-state index in [1.165, 1.54) is 32.1 Å². The van der Waals surface area contributed by atoms with Gasteiger partial charge in [0.1, 0.15) is 0 Å². The standard InChI is InChI=1S/C15H29NOS/c1-14(2)9-5-4-6-11-15(3,13(17)16-18)12-8-7-10-14/h18H,4-12H2,1-3H3,(H,16,17). The van der Waals surface area contributed by atoms with Gasteiger partial charge in [0.2, 0.25) is 5.91 Å². The fourth-order valence-corrected chi connectivity index (χ4v) is 3.30. The van der Waals surface area contributed by atoms with Crippen LogP contribution in [0.15, 0.2) is 0 Å². The van der Waals surface area contributed by atoms with E-state index in [1.54, 1.807) is 0 Å². The normalized spacial score (nSPS) is 30.2. The fraction of sp³-hybridized carbons (Fsp3) is 0.933. The lowest BCUT2D eigenvalue weighted by atomic mass is 9.79. The molecule has 3 heteroatoms. The molecule has 1 amide bonds. The first-order chi connectivity index (χ1) is 8.40. The Morgan fingerprint density at radius 1 is 0.889 bits per heavy atom. The topological polar surface area (TPSA) is 29.1 Å². The fourth-order valence-electron chi connectivity index (χ4n) is 3.03. The van der Waals surface area contributed by atoms with E-state index in [1.807, 2.05) is 0 Å². The Balaban J connectivity index is 2.62. The molecule has 0 aromatic carbocycles. The number of hydrogen-bond acceptors (Lipinski definition) is 2. The van der Waals surface area contributed by atoms with Gasteiger partial charge in [-0.2, -0.15) is 0 Å². The predicted octanol–water partition coefficient (Wildman–Crippen LogP) is 4.50. The van der Waals surface area contributed by atoms with E-state index >= 15 is 0 Å². The van der Waals surface area contributed by atoms with Crippen molar-refractivity contribution in [3.63, 3.8) is 0 Å². The second-order valence-corrected chi connectivity index (χ2v) is 7.16. The molecule has 1 aliphatic carbocycles. The molecule has 0 aliphatic heterocycles. The van der Waals surface area contributed by atoms with E-state index in [0.717, 1.165) is 25.7 Å². The lowest BCUT2D eigenvalue weighted by Gasteiger charge is -2.27. The van der Waals surface area contributed by atoms with Crippen molar-refractivity contribution in [3.8, 4) is 0 Å². The van der Waals surface area contributed by atoms with Gasteiger partial charge in [-0.05, 0) is 31.1 Å². The quantitative estimate of drug-likeness (QED) is 0.675. The maximum Gasteiger partial charge on any atom is 0.235 e. The monoisotopic (exact) mass is 271 g/mol. The summed E-state index contributed by atoms with van der Waals surface area (Å²) in [5.41, 5.74) is 0.267. The Labute approximate surface area is 118 Å². The van der Waals surface area contributed by atoms with Crippen LogP contribution >= 0.6 is 12.8 Å². The molecule has 1 aliphatic rings. The molecule has 0 aromatic heterocycles. The molecule has 1 saturated carbocycles. The lowest BCUT2D eigenvalue weighted by Crippen LogP contribution is -2.34. The Bertz CT molecular complexity index is 278. The van der Waals surface area contributed by atoms with Crippen LogP contribution in [0.25, 0.3) is 0 Å². The Morgan fingerprint density at radius 2 is 1.33 bits per heavy atom. The van der Waals surface area contributed by atoms with Crippen molar-refractivity contribution in [3.05, 3.63) is 0 Å². The Morgan fingerprint density at radius 3 is 1.89 bits per heavy atom. The van der Waals surface area contributed by atoms with Crippen LogP contribution in [0, 0.1) is 10.8 Å². The highest BCUT2D eigenvalue weighted by atomic mass is 32.1. The highest BCUT2D eigenvalue weighted by Gasteiger charge is 2.32. The summed E-state index contributed by atoms with van der Waals surface area (Å²) in [7, 11) is 0. The van der Waals surface area contributed by atoms with Gasteiger partial charge >= 0.3 is 0 Å². The summed E-state index contributed by atoms with van der Waals surface area (Å²) >= 11 is 3.94. The van der Waals surface area contributed by atoms with E-state index in [9.17, 15) is 4.79 Å². The van der Waals surface area contributed by atoms with Gasteiger partial charge in [0, 0.05) is 5.41 Å². The number of amides is 1. The number of carbonyl (C=O) groups excluding carboxylic acids is 1. The Hall–Kier alpha value is -0.180. The van der Waals surface area contributed by atoms with Crippen molar-refractivity contribution in [2.45, 2.75) is 78.6 Å². The number of hydrogen-bond donors (Lipinski definition) is 2. The Kier molecular flexibility index (Phi) is 6.03. The molecule has 1 atom stereocenters. The van der Waals surface area contributed by atoms with E-state index in [0.29, 0.717) is 5.41 Å². The van der Waals surface area contributed by atoms with Crippen molar-refractivity contribution in [2.75, 3.05) is 0 Å². The molecule has 1 unspecified atom stereocenters. The van der Waals surface area contributed by atoms with Crippen LogP contribution in [-0.4, -0.2) is 5.91 Å². The largest absolute Gasteiger partial charge is 0.302 e. The van der Waals surface area contributed by atoms with Crippen LogP contribution in [0.5, 0.6) is 0 Å². The average Bonchev–Trinajstić information content (AvgIpc) is 2.35. The van der Waals surface area contributed by atoms with E-state index in [2.05, 4.69) is 38.3 Å². The molecular weight excluding hydrogens is 242 g/mol. The molecule has 0 spiro atoms. The molecular formula is C15H29NOS. The smallest absolute Gasteiger partial charge is 0.235 e. The van der Waals surface area contributed by atoms with Gasteiger partial charge in [-0.3, -0.25) is 4.79 Å². The van der Waals surface area contributed by atoms with Crippen LogP contribution < -0.4 is 4.72 Å². The highest BCUT2D eigenvalue weighted by molar-refractivity contribution is 7.78. The molecule has 2 nitrogen and oxygen atoms in total. The summed E-state index contributed by atoms with van der Waals surface area (Å²) in [5.74, 6) is 0.101. The average molecular weight is 271 g/mol. The summed E-state index contributed by atoms with van der Waals surface area (Å²) in [6.07, 6.45) is 10.7. The molecule has 1 rings (SSSR count). The highest BCUT2D eigenvalue weighted by Crippen LogP contribution is 2.36. The van der Waals surface area contributed by atoms with Crippen LogP contribution in [-0.2, 0) is 4.79 Å². The van der Waals surface area contributed by atoms with Gasteiger partial charge in [0.05, 0.1) is 0 Å². The maximum atomic E-state index is 12.0. The summed E-state index contributed by atoms with van der Waals surface area (Å²) in [6, 6.07) is 0. The molecule has 0 aromatic rings. The minimum absolute atomic E-state index is 0.101. The molecule has 0 saturated heterocycles. The SMILES string of the molecule is CC1(C)CCCCCC(C)(C(=O)NS)CCCC1. The summed E-state index contributed by atoms with van der Waals surface area (Å²) in [4.78, 5) is 12.0. The van der Waals surface area contributed by atoms with Crippen molar-refractivity contribution < 1.29 is 4.79 Å². The van der Waals surface area contributed by atoms with Gasteiger partial charge in [-0.1, -0.05) is 65.7 Å². The second-order valence-electron chi connectivity index (χ2n) is 6.93. The number of nitrogens with one attached hydrogen (secondary N) is 1. The van der Waals surface area contributed by atoms with Crippen LogP contribution in [0.3, 0.4) is 0 Å². The number of carbonyl (C=O) groups is 1. The second kappa shape index (κ2) is 6.83. The minimum atomic E-state index is -0.212. The molecule has 0 heterocycles. The van der Waals surface area contributed by atoms with Gasteiger partial charge in [0.15, 0.2) is 0 Å². The molecule has 0 bridgehead atoms. The van der Waals surface area contributed by atoms with Gasteiger partial charge in [-0.15, -0.1) is 0 Å². The van der Waals surface area contributed by atoms with Crippen molar-refractivity contribution in [2.24, 2.45) is 10.8 Å². The van der Waals surface area contributed by atoms with E-state index < -0.39 is 0 Å². The van der Waals surface area contributed by atoms with Crippen molar-refractivity contribution in [1.29, 1.82) is 0 Å². The van der Waals surface area contributed by atoms with Crippen LogP contribution in [0.4, 0.5) is 0 Å². The molecule has 1 N–H and O–H groups in total. The molecule has 1 fully saturated rings. The zero-order valence-corrected chi connectivity index (χ0v) is 13.1. The van der Waals surface area contributed by atoms with E-state index in [4.69, 9.17) is 0 Å². The third-order valence-electron chi connectivity index (χ3n) is 4.56. The number of thiol groups is 1.